The van der Waals surface area contributed by atoms with E-state index in [0.29, 0.717) is 12.0 Å². The van der Waals surface area contributed by atoms with Crippen LogP contribution in [0, 0.1) is 5.92 Å². The summed E-state index contributed by atoms with van der Waals surface area (Å²) >= 11 is 0. The summed E-state index contributed by atoms with van der Waals surface area (Å²) in [4.78, 5) is 0. The van der Waals surface area contributed by atoms with Crippen molar-refractivity contribution in [3.63, 3.8) is 0 Å². The van der Waals surface area contributed by atoms with E-state index in [4.69, 9.17) is 0 Å². The summed E-state index contributed by atoms with van der Waals surface area (Å²) in [6, 6.07) is 2.40. The minimum Gasteiger partial charge on any atom is -0.314 e. The van der Waals surface area contributed by atoms with Gasteiger partial charge in [-0.3, -0.25) is 4.68 Å². The van der Waals surface area contributed by atoms with E-state index in [1.807, 2.05) is 23.1 Å². The Kier molecular flexibility index (Phi) is 3.96. The zero-order valence-corrected chi connectivity index (χ0v) is 8.70. The van der Waals surface area contributed by atoms with E-state index < -0.39 is 0 Å². The minimum absolute atomic E-state index is 0.439. The molecule has 1 heterocycles. The van der Waals surface area contributed by atoms with Crippen molar-refractivity contribution in [1.29, 1.82) is 0 Å². The Hall–Kier alpha value is -0.830. The van der Waals surface area contributed by atoms with Crippen LogP contribution in [0.5, 0.6) is 0 Å². The van der Waals surface area contributed by atoms with Gasteiger partial charge in [0, 0.05) is 18.9 Å². The van der Waals surface area contributed by atoms with Gasteiger partial charge in [0.1, 0.15) is 0 Å². The lowest BCUT2D eigenvalue weighted by Gasteiger charge is -2.14. The summed E-state index contributed by atoms with van der Waals surface area (Å²) in [5, 5.41) is 7.60. The Balaban J connectivity index is 2.22. The molecule has 0 aliphatic rings. The smallest absolute Gasteiger partial charge is 0.0615 e. The van der Waals surface area contributed by atoms with Crippen LogP contribution < -0.4 is 5.32 Å². The number of aromatic nitrogens is 2. The van der Waals surface area contributed by atoms with E-state index in [1.54, 1.807) is 0 Å². The first-order chi connectivity index (χ1) is 6.20. The van der Waals surface area contributed by atoms with Crippen LogP contribution in [0.4, 0.5) is 0 Å². The molecule has 3 nitrogen and oxygen atoms in total. The molecule has 0 saturated heterocycles. The van der Waals surface area contributed by atoms with Crippen molar-refractivity contribution in [3.05, 3.63) is 18.5 Å². The van der Waals surface area contributed by atoms with Crippen molar-refractivity contribution in [2.24, 2.45) is 5.92 Å². The quantitative estimate of drug-likeness (QED) is 0.749. The third kappa shape index (κ3) is 3.59. The second-order valence-electron chi connectivity index (χ2n) is 3.89. The summed E-state index contributed by atoms with van der Waals surface area (Å²) in [7, 11) is 0. The van der Waals surface area contributed by atoms with Gasteiger partial charge in [-0.05, 0) is 25.5 Å². The molecule has 1 unspecified atom stereocenters. The molecule has 0 saturated carbocycles. The lowest BCUT2D eigenvalue weighted by atomic mass is 10.2. The Morgan fingerprint density at radius 3 is 2.62 bits per heavy atom. The highest BCUT2D eigenvalue weighted by Gasteiger charge is 2.03. The Morgan fingerprint density at radius 2 is 2.08 bits per heavy atom. The average molecular weight is 181 g/mol. The highest BCUT2D eigenvalue weighted by Crippen LogP contribution is 2.00. The first-order valence-electron chi connectivity index (χ1n) is 4.90. The van der Waals surface area contributed by atoms with Gasteiger partial charge in [0.05, 0.1) is 6.04 Å². The zero-order valence-electron chi connectivity index (χ0n) is 8.70. The van der Waals surface area contributed by atoms with Crippen molar-refractivity contribution >= 4 is 0 Å². The normalized spacial score (nSPS) is 13.5. The van der Waals surface area contributed by atoms with Crippen molar-refractivity contribution in [1.82, 2.24) is 15.1 Å². The molecule has 0 aliphatic heterocycles. The van der Waals surface area contributed by atoms with E-state index in [1.165, 1.54) is 0 Å². The molecule has 1 N–H and O–H groups in total. The van der Waals surface area contributed by atoms with Crippen molar-refractivity contribution in [2.75, 3.05) is 13.1 Å². The summed E-state index contributed by atoms with van der Waals surface area (Å²) in [5.74, 6) is 0.713. The van der Waals surface area contributed by atoms with Gasteiger partial charge in [-0.15, -0.1) is 0 Å². The third-order valence-corrected chi connectivity index (χ3v) is 1.97. The topological polar surface area (TPSA) is 29.9 Å². The summed E-state index contributed by atoms with van der Waals surface area (Å²) in [6.45, 7) is 8.66. The molecular weight excluding hydrogens is 162 g/mol. The van der Waals surface area contributed by atoms with Crippen LogP contribution in [0.1, 0.15) is 26.8 Å². The lowest BCUT2D eigenvalue weighted by Crippen LogP contribution is -2.27. The number of hydrogen-bond donors (Lipinski definition) is 1. The van der Waals surface area contributed by atoms with Gasteiger partial charge in [0.2, 0.25) is 0 Å². The maximum Gasteiger partial charge on any atom is 0.0615 e. The van der Waals surface area contributed by atoms with Gasteiger partial charge in [-0.2, -0.15) is 5.10 Å². The van der Waals surface area contributed by atoms with Gasteiger partial charge in [-0.1, -0.05) is 13.8 Å². The van der Waals surface area contributed by atoms with Gasteiger partial charge in [0.25, 0.3) is 0 Å². The second-order valence-corrected chi connectivity index (χ2v) is 3.89. The fourth-order valence-corrected chi connectivity index (χ4v) is 1.22. The summed E-state index contributed by atoms with van der Waals surface area (Å²) in [5.41, 5.74) is 0. The molecule has 0 bridgehead atoms. The molecule has 0 fully saturated rings. The molecule has 1 rings (SSSR count). The first kappa shape index (κ1) is 10.3. The van der Waals surface area contributed by atoms with Gasteiger partial charge in [-0.25, -0.2) is 0 Å². The van der Waals surface area contributed by atoms with Gasteiger partial charge in [0.15, 0.2) is 0 Å². The molecule has 0 aliphatic carbocycles. The molecule has 13 heavy (non-hydrogen) atoms. The van der Waals surface area contributed by atoms with E-state index in [9.17, 15) is 0 Å². The predicted octanol–water partition coefficient (Wildman–Crippen LogP) is 1.69. The highest BCUT2D eigenvalue weighted by molar-refractivity contribution is 4.81. The maximum absolute atomic E-state index is 4.19. The van der Waals surface area contributed by atoms with Gasteiger partial charge >= 0.3 is 0 Å². The Morgan fingerprint density at radius 1 is 1.31 bits per heavy atom. The molecule has 0 radical (unpaired) electrons. The molecule has 1 aromatic rings. The minimum atomic E-state index is 0.439. The van der Waals surface area contributed by atoms with E-state index in [2.05, 4.69) is 31.2 Å². The standard InChI is InChI=1S/C10H19N3/c1-9(2)7-11-8-10(3)13-6-4-5-12-13/h4-6,9-11H,7-8H2,1-3H3. The zero-order chi connectivity index (χ0) is 9.68. The third-order valence-electron chi connectivity index (χ3n) is 1.97. The van der Waals surface area contributed by atoms with E-state index >= 15 is 0 Å². The average Bonchev–Trinajstić information content (AvgIpc) is 2.55. The van der Waals surface area contributed by atoms with E-state index in [0.717, 1.165) is 13.1 Å². The lowest BCUT2D eigenvalue weighted by molar-refractivity contribution is 0.435. The second kappa shape index (κ2) is 5.02. The van der Waals surface area contributed by atoms with Crippen LogP contribution in [-0.4, -0.2) is 22.9 Å². The fourth-order valence-electron chi connectivity index (χ4n) is 1.22. The van der Waals surface area contributed by atoms with Crippen molar-refractivity contribution < 1.29 is 0 Å². The Bertz CT molecular complexity index is 216. The number of nitrogens with one attached hydrogen (secondary N) is 1. The molecule has 1 aromatic heterocycles. The molecule has 3 heteroatoms. The molecule has 0 spiro atoms. The number of rotatable bonds is 5. The van der Waals surface area contributed by atoms with Crippen LogP contribution in [-0.2, 0) is 0 Å². The monoisotopic (exact) mass is 181 g/mol. The van der Waals surface area contributed by atoms with Crippen LogP contribution in [0.15, 0.2) is 18.5 Å². The first-order valence-corrected chi connectivity index (χ1v) is 4.90. The highest BCUT2D eigenvalue weighted by atomic mass is 15.3. The van der Waals surface area contributed by atoms with Crippen molar-refractivity contribution in [3.8, 4) is 0 Å². The number of nitrogens with zero attached hydrogens (tertiary/aromatic N) is 2. The van der Waals surface area contributed by atoms with Gasteiger partial charge < -0.3 is 5.32 Å². The molecule has 74 valence electrons. The summed E-state index contributed by atoms with van der Waals surface area (Å²) in [6.07, 6.45) is 3.82. The van der Waals surface area contributed by atoms with Crippen molar-refractivity contribution in [2.45, 2.75) is 26.8 Å². The largest absolute Gasteiger partial charge is 0.314 e. The maximum atomic E-state index is 4.19. The summed E-state index contributed by atoms with van der Waals surface area (Å²) < 4.78 is 1.98. The SMILES string of the molecule is CC(C)CNCC(C)n1cccn1. The van der Waals surface area contributed by atoms with Crippen LogP contribution in [0.3, 0.4) is 0 Å². The fraction of sp³-hybridized carbons (Fsp3) is 0.700. The van der Waals surface area contributed by atoms with E-state index in [-0.39, 0.29) is 0 Å². The molecule has 0 amide bonds. The van der Waals surface area contributed by atoms with Crippen LogP contribution in [0.2, 0.25) is 0 Å². The number of hydrogen-bond acceptors (Lipinski definition) is 2. The molecule has 1 atom stereocenters. The van der Waals surface area contributed by atoms with Crippen LogP contribution >= 0.6 is 0 Å². The Labute approximate surface area is 80.1 Å². The van der Waals surface area contributed by atoms with Crippen LogP contribution in [0.25, 0.3) is 0 Å². The predicted molar refractivity (Wildman–Crippen MR) is 54.6 cm³/mol. The molecule has 0 aromatic carbocycles. The molecular formula is C10H19N3.